The molecule has 3 aromatic carbocycles. The van der Waals surface area contributed by atoms with E-state index < -0.39 is 22.0 Å². The number of sulfonamides is 1. The Bertz CT molecular complexity index is 1140. The van der Waals surface area contributed by atoms with Gasteiger partial charge in [-0.05, 0) is 42.7 Å². The highest BCUT2D eigenvalue weighted by Gasteiger charge is 2.26. The molecule has 3 aromatic rings. The van der Waals surface area contributed by atoms with Crippen molar-refractivity contribution in [3.05, 3.63) is 95.0 Å². The molecule has 0 saturated carbocycles. The van der Waals surface area contributed by atoms with Crippen LogP contribution in [0.1, 0.15) is 18.1 Å². The van der Waals surface area contributed by atoms with Gasteiger partial charge in [0.25, 0.3) is 0 Å². The second-order valence-corrected chi connectivity index (χ2v) is 9.21. The smallest absolute Gasteiger partial charge is 0.241 e. The van der Waals surface area contributed by atoms with Crippen molar-refractivity contribution in [3.8, 4) is 5.75 Å². The summed E-state index contributed by atoms with van der Waals surface area (Å²) < 4.78 is 34.0. The zero-order chi connectivity index (χ0) is 23.0. The van der Waals surface area contributed by atoms with Gasteiger partial charge in [-0.3, -0.25) is 4.79 Å². The molecule has 0 spiro atoms. The van der Waals surface area contributed by atoms with Crippen LogP contribution in [0.25, 0.3) is 0 Å². The summed E-state index contributed by atoms with van der Waals surface area (Å²) in [4.78, 5) is 12.9. The van der Waals surface area contributed by atoms with Gasteiger partial charge in [0, 0.05) is 6.54 Å². The van der Waals surface area contributed by atoms with E-state index in [9.17, 15) is 13.2 Å². The van der Waals surface area contributed by atoms with Crippen LogP contribution < -0.4 is 14.8 Å². The molecule has 0 saturated heterocycles. The van der Waals surface area contributed by atoms with Crippen LogP contribution in [-0.4, -0.2) is 27.0 Å². The predicted octanol–water partition coefficient (Wildman–Crippen LogP) is 3.94. The number of hydrogen-bond donors (Lipinski definition) is 2. The number of rotatable bonds is 10. The van der Waals surface area contributed by atoms with Gasteiger partial charge in [0.1, 0.15) is 11.8 Å². The van der Waals surface area contributed by atoms with Gasteiger partial charge >= 0.3 is 0 Å². The molecule has 6 nitrogen and oxygen atoms in total. The average molecular weight is 473 g/mol. The Balaban J connectivity index is 1.80. The zero-order valence-corrected chi connectivity index (χ0v) is 19.2. The fourth-order valence-electron chi connectivity index (χ4n) is 3.12. The van der Waals surface area contributed by atoms with Crippen LogP contribution in [0.2, 0.25) is 5.02 Å². The number of amides is 1. The molecule has 0 fully saturated rings. The quantitative estimate of drug-likeness (QED) is 0.468. The largest absolute Gasteiger partial charge is 0.492 e. The molecule has 0 aliphatic heterocycles. The Hall–Kier alpha value is -2.87. The van der Waals surface area contributed by atoms with E-state index >= 15 is 0 Å². The first kappa shape index (κ1) is 23.8. The van der Waals surface area contributed by atoms with Crippen LogP contribution >= 0.6 is 11.6 Å². The summed E-state index contributed by atoms with van der Waals surface area (Å²) in [5.74, 6) is -0.0205. The standard InChI is InChI=1S/C24H25ClN2O4S/c1-2-31-23-14-13-20(16-21(23)25)32(29,30)27-22(15-18-9-5-3-6-10-18)24(28)26-17-19-11-7-4-8-12-19/h3-14,16,22,27H,2,15,17H2,1H3,(H,26,28)/t22-/m1/s1. The first-order valence-corrected chi connectivity index (χ1v) is 12.1. The molecule has 8 heteroatoms. The molecule has 3 rings (SSSR count). The summed E-state index contributed by atoms with van der Waals surface area (Å²) in [6.45, 7) is 2.51. The van der Waals surface area contributed by atoms with Crippen LogP contribution in [0.3, 0.4) is 0 Å². The lowest BCUT2D eigenvalue weighted by Gasteiger charge is -2.19. The van der Waals surface area contributed by atoms with E-state index in [4.69, 9.17) is 16.3 Å². The molecule has 0 heterocycles. The van der Waals surface area contributed by atoms with Crippen LogP contribution in [-0.2, 0) is 27.8 Å². The lowest BCUT2D eigenvalue weighted by atomic mass is 10.1. The molecule has 1 amide bonds. The molecule has 32 heavy (non-hydrogen) atoms. The number of benzene rings is 3. The first-order chi connectivity index (χ1) is 15.4. The van der Waals surface area contributed by atoms with E-state index in [0.29, 0.717) is 18.9 Å². The number of carbonyl (C=O) groups is 1. The summed E-state index contributed by atoms with van der Waals surface area (Å²) >= 11 is 6.16. The molecule has 0 radical (unpaired) electrons. The molecular weight excluding hydrogens is 448 g/mol. The van der Waals surface area contributed by atoms with Crippen molar-refractivity contribution in [1.82, 2.24) is 10.0 Å². The Labute approximate surface area is 193 Å². The van der Waals surface area contributed by atoms with Crippen molar-refractivity contribution in [2.75, 3.05) is 6.61 Å². The van der Waals surface area contributed by atoms with Crippen molar-refractivity contribution in [3.63, 3.8) is 0 Å². The molecule has 0 aliphatic carbocycles. The molecule has 0 unspecified atom stereocenters. The van der Waals surface area contributed by atoms with Crippen LogP contribution in [0.15, 0.2) is 83.8 Å². The summed E-state index contributed by atoms with van der Waals surface area (Å²) in [5.41, 5.74) is 1.75. The predicted molar refractivity (Wildman–Crippen MR) is 125 cm³/mol. The normalized spacial score (nSPS) is 12.2. The van der Waals surface area contributed by atoms with E-state index in [1.165, 1.54) is 18.2 Å². The van der Waals surface area contributed by atoms with Crippen molar-refractivity contribution in [2.45, 2.75) is 30.8 Å². The third kappa shape index (κ3) is 6.56. The highest BCUT2D eigenvalue weighted by atomic mass is 35.5. The maximum atomic E-state index is 13.0. The number of carbonyl (C=O) groups excluding carboxylic acids is 1. The second-order valence-electron chi connectivity index (χ2n) is 7.09. The molecule has 2 N–H and O–H groups in total. The number of ether oxygens (including phenoxy) is 1. The van der Waals surface area contributed by atoms with Gasteiger partial charge in [0.2, 0.25) is 15.9 Å². The van der Waals surface area contributed by atoms with Gasteiger partial charge in [-0.15, -0.1) is 0 Å². The van der Waals surface area contributed by atoms with Gasteiger partial charge in [0.05, 0.1) is 16.5 Å². The van der Waals surface area contributed by atoms with E-state index in [0.717, 1.165) is 11.1 Å². The fourth-order valence-corrected chi connectivity index (χ4v) is 4.64. The molecule has 0 bridgehead atoms. The van der Waals surface area contributed by atoms with Crippen molar-refractivity contribution >= 4 is 27.5 Å². The summed E-state index contributed by atoms with van der Waals surface area (Å²) in [6, 6.07) is 21.9. The maximum Gasteiger partial charge on any atom is 0.241 e. The lowest BCUT2D eigenvalue weighted by molar-refractivity contribution is -0.122. The molecular formula is C24H25ClN2O4S. The second kappa shape index (κ2) is 11.1. The van der Waals surface area contributed by atoms with Crippen LogP contribution in [0.4, 0.5) is 0 Å². The van der Waals surface area contributed by atoms with Gasteiger partial charge in [-0.2, -0.15) is 4.72 Å². The monoisotopic (exact) mass is 472 g/mol. The van der Waals surface area contributed by atoms with Crippen LogP contribution in [0.5, 0.6) is 5.75 Å². The third-order valence-electron chi connectivity index (χ3n) is 4.72. The van der Waals surface area contributed by atoms with E-state index in [1.54, 1.807) is 0 Å². The fraction of sp³-hybridized carbons (Fsp3) is 0.208. The van der Waals surface area contributed by atoms with E-state index in [-0.39, 0.29) is 16.3 Å². The number of halogens is 1. The minimum Gasteiger partial charge on any atom is -0.492 e. The summed E-state index contributed by atoms with van der Waals surface area (Å²) in [7, 11) is -4.01. The van der Waals surface area contributed by atoms with E-state index in [1.807, 2.05) is 67.6 Å². The van der Waals surface area contributed by atoms with Gasteiger partial charge in [0.15, 0.2) is 0 Å². The minimum absolute atomic E-state index is 0.0418. The minimum atomic E-state index is -4.01. The Kier molecular flexibility index (Phi) is 8.27. The first-order valence-electron chi connectivity index (χ1n) is 10.2. The topological polar surface area (TPSA) is 84.5 Å². The highest BCUT2D eigenvalue weighted by molar-refractivity contribution is 7.89. The van der Waals surface area contributed by atoms with Gasteiger partial charge < -0.3 is 10.1 Å². The van der Waals surface area contributed by atoms with Gasteiger partial charge in [-0.1, -0.05) is 72.3 Å². The van der Waals surface area contributed by atoms with Crippen molar-refractivity contribution in [2.24, 2.45) is 0 Å². The van der Waals surface area contributed by atoms with Crippen LogP contribution in [0, 0.1) is 0 Å². The molecule has 0 aliphatic rings. The molecule has 0 aromatic heterocycles. The average Bonchev–Trinajstić information content (AvgIpc) is 2.79. The Morgan fingerprint density at radius 2 is 1.59 bits per heavy atom. The Morgan fingerprint density at radius 3 is 2.19 bits per heavy atom. The maximum absolute atomic E-state index is 13.0. The van der Waals surface area contributed by atoms with E-state index in [2.05, 4.69) is 10.0 Å². The SMILES string of the molecule is CCOc1ccc(S(=O)(=O)N[C@H](Cc2ccccc2)C(=O)NCc2ccccc2)cc1Cl. The molecule has 168 valence electrons. The number of nitrogens with one attached hydrogen (secondary N) is 2. The Morgan fingerprint density at radius 1 is 0.969 bits per heavy atom. The highest BCUT2D eigenvalue weighted by Crippen LogP contribution is 2.27. The summed E-state index contributed by atoms with van der Waals surface area (Å²) in [6.07, 6.45) is 0.200. The molecule has 1 atom stereocenters. The summed E-state index contributed by atoms with van der Waals surface area (Å²) in [5, 5.41) is 3.00. The third-order valence-corrected chi connectivity index (χ3v) is 6.48. The zero-order valence-electron chi connectivity index (χ0n) is 17.6. The van der Waals surface area contributed by atoms with Crippen molar-refractivity contribution < 1.29 is 17.9 Å². The van der Waals surface area contributed by atoms with Gasteiger partial charge in [-0.25, -0.2) is 8.42 Å². The van der Waals surface area contributed by atoms with Crippen molar-refractivity contribution in [1.29, 1.82) is 0 Å². The lowest BCUT2D eigenvalue weighted by Crippen LogP contribution is -2.47. The number of hydrogen-bond acceptors (Lipinski definition) is 4.